The van der Waals surface area contributed by atoms with Gasteiger partial charge in [-0.1, -0.05) is 19.0 Å². The topological polar surface area (TPSA) is 92.4 Å². The van der Waals surface area contributed by atoms with E-state index in [1.807, 2.05) is 6.92 Å². The molecule has 1 unspecified atom stereocenters. The minimum absolute atomic E-state index is 0.326. The Labute approximate surface area is 99.0 Å². The van der Waals surface area contributed by atoms with Gasteiger partial charge >= 0.3 is 5.97 Å². The van der Waals surface area contributed by atoms with Crippen molar-refractivity contribution in [1.82, 2.24) is 10.5 Å². The lowest BCUT2D eigenvalue weighted by atomic mass is 10.1. The number of hydrogen-bond acceptors (Lipinski definition) is 4. The molecule has 0 aromatic carbocycles. The summed E-state index contributed by atoms with van der Waals surface area (Å²) in [4.78, 5) is 22.7. The summed E-state index contributed by atoms with van der Waals surface area (Å²) >= 11 is 0. The lowest BCUT2D eigenvalue weighted by Gasteiger charge is -2.11. The summed E-state index contributed by atoms with van der Waals surface area (Å²) < 4.78 is 4.93. The number of nitrogens with zero attached hydrogens (tertiary/aromatic N) is 1. The fourth-order valence-corrected chi connectivity index (χ4v) is 1.52. The molecule has 1 aromatic rings. The molecule has 0 fully saturated rings. The fraction of sp³-hybridized carbons (Fsp3) is 0.545. The van der Waals surface area contributed by atoms with Crippen LogP contribution in [0.1, 0.15) is 42.1 Å². The molecule has 1 heterocycles. The number of rotatable bonds is 5. The minimum Gasteiger partial charge on any atom is -0.480 e. The summed E-state index contributed by atoms with van der Waals surface area (Å²) in [6.45, 7) is 5.17. The predicted molar refractivity (Wildman–Crippen MR) is 59.8 cm³/mol. The van der Waals surface area contributed by atoms with E-state index in [4.69, 9.17) is 9.63 Å². The Kier molecular flexibility index (Phi) is 4.25. The van der Waals surface area contributed by atoms with Crippen LogP contribution >= 0.6 is 0 Å². The van der Waals surface area contributed by atoms with Gasteiger partial charge in [-0.05, 0) is 19.8 Å². The molecule has 0 radical (unpaired) electrons. The molecule has 2 N–H and O–H groups in total. The number of hydrogen-bond donors (Lipinski definition) is 2. The van der Waals surface area contributed by atoms with Crippen molar-refractivity contribution < 1.29 is 19.2 Å². The van der Waals surface area contributed by atoms with Crippen LogP contribution in [0.25, 0.3) is 0 Å². The first-order chi connectivity index (χ1) is 8.01. The molecular formula is C11H16N2O4. The molecule has 6 heteroatoms. The number of aromatic nitrogens is 1. The summed E-state index contributed by atoms with van der Waals surface area (Å²) in [5, 5.41) is 15.1. The van der Waals surface area contributed by atoms with Crippen molar-refractivity contribution in [1.29, 1.82) is 0 Å². The third-order valence-electron chi connectivity index (χ3n) is 2.51. The summed E-state index contributed by atoms with van der Waals surface area (Å²) in [5.74, 6) is -1.09. The highest BCUT2D eigenvalue weighted by molar-refractivity contribution is 5.98. The van der Waals surface area contributed by atoms with E-state index >= 15 is 0 Å². The standard InChI is InChI=1S/C11H16N2O4/c1-4-7-9(6(3)17-13-7)10(14)12-8(5-2)11(15)16/h8H,4-5H2,1-3H3,(H,12,14)(H,15,16). The second-order valence-corrected chi connectivity index (χ2v) is 3.69. The Morgan fingerprint density at radius 3 is 2.59 bits per heavy atom. The molecule has 94 valence electrons. The number of carbonyl (C=O) groups excluding carboxylic acids is 1. The maximum Gasteiger partial charge on any atom is 0.326 e. The third-order valence-corrected chi connectivity index (χ3v) is 2.51. The summed E-state index contributed by atoms with van der Waals surface area (Å²) in [7, 11) is 0. The average Bonchev–Trinajstić information content (AvgIpc) is 2.66. The molecule has 17 heavy (non-hydrogen) atoms. The van der Waals surface area contributed by atoms with Crippen molar-refractivity contribution in [3.05, 3.63) is 17.0 Å². The van der Waals surface area contributed by atoms with Gasteiger partial charge in [0.05, 0.1) is 5.69 Å². The van der Waals surface area contributed by atoms with Crippen LogP contribution in [0, 0.1) is 6.92 Å². The Balaban J connectivity index is 2.89. The highest BCUT2D eigenvalue weighted by Gasteiger charge is 2.24. The Morgan fingerprint density at radius 2 is 2.12 bits per heavy atom. The van der Waals surface area contributed by atoms with Gasteiger partial charge in [0, 0.05) is 0 Å². The van der Waals surface area contributed by atoms with Crippen molar-refractivity contribution in [2.45, 2.75) is 39.7 Å². The average molecular weight is 240 g/mol. The van der Waals surface area contributed by atoms with E-state index in [1.54, 1.807) is 13.8 Å². The van der Waals surface area contributed by atoms with Gasteiger partial charge < -0.3 is 14.9 Å². The maximum atomic E-state index is 11.9. The molecule has 1 rings (SSSR count). The van der Waals surface area contributed by atoms with E-state index in [1.165, 1.54) is 0 Å². The van der Waals surface area contributed by atoms with E-state index < -0.39 is 17.9 Å². The largest absolute Gasteiger partial charge is 0.480 e. The zero-order valence-electron chi connectivity index (χ0n) is 10.1. The molecule has 0 saturated carbocycles. The molecule has 6 nitrogen and oxygen atoms in total. The number of aryl methyl sites for hydroxylation is 2. The van der Waals surface area contributed by atoms with Gasteiger partial charge in [0.15, 0.2) is 0 Å². The van der Waals surface area contributed by atoms with Gasteiger partial charge in [-0.15, -0.1) is 0 Å². The third kappa shape index (κ3) is 2.83. The molecule has 0 saturated heterocycles. The summed E-state index contributed by atoms with van der Waals surface area (Å²) in [6.07, 6.45) is 0.886. The van der Waals surface area contributed by atoms with Gasteiger partial charge in [-0.2, -0.15) is 0 Å². The lowest BCUT2D eigenvalue weighted by Crippen LogP contribution is -2.40. The maximum absolute atomic E-state index is 11.9. The first kappa shape index (κ1) is 13.2. The molecule has 1 amide bonds. The van der Waals surface area contributed by atoms with Crippen LogP contribution in [0.2, 0.25) is 0 Å². The quantitative estimate of drug-likeness (QED) is 0.805. The van der Waals surface area contributed by atoms with E-state index in [-0.39, 0.29) is 0 Å². The normalized spacial score (nSPS) is 12.2. The molecule has 0 bridgehead atoms. The van der Waals surface area contributed by atoms with E-state index in [0.29, 0.717) is 29.9 Å². The first-order valence-corrected chi connectivity index (χ1v) is 5.50. The zero-order chi connectivity index (χ0) is 13.0. The van der Waals surface area contributed by atoms with Gasteiger partial charge in [0.25, 0.3) is 5.91 Å². The summed E-state index contributed by atoms with van der Waals surface area (Å²) in [5.41, 5.74) is 0.882. The molecule has 0 aliphatic carbocycles. The highest BCUT2D eigenvalue weighted by atomic mass is 16.5. The predicted octanol–water partition coefficient (Wildman–Crippen LogP) is 1.14. The lowest BCUT2D eigenvalue weighted by molar-refractivity contribution is -0.139. The van der Waals surface area contributed by atoms with E-state index in [9.17, 15) is 9.59 Å². The molecule has 0 aliphatic rings. The number of nitrogens with one attached hydrogen (secondary N) is 1. The number of carboxylic acids is 1. The molecule has 0 aliphatic heterocycles. The SMILES string of the molecule is CCc1noc(C)c1C(=O)NC(CC)C(=O)O. The van der Waals surface area contributed by atoms with Crippen molar-refractivity contribution in [2.24, 2.45) is 0 Å². The number of carbonyl (C=O) groups is 2. The zero-order valence-corrected chi connectivity index (χ0v) is 10.1. The summed E-state index contributed by atoms with van der Waals surface area (Å²) in [6, 6.07) is -0.887. The van der Waals surface area contributed by atoms with Gasteiger partial charge in [-0.25, -0.2) is 4.79 Å². The number of aliphatic carboxylic acids is 1. The van der Waals surface area contributed by atoms with Crippen LogP contribution in [0.4, 0.5) is 0 Å². The van der Waals surface area contributed by atoms with Crippen LogP contribution in [-0.4, -0.2) is 28.2 Å². The smallest absolute Gasteiger partial charge is 0.326 e. The van der Waals surface area contributed by atoms with Crippen molar-refractivity contribution in [2.75, 3.05) is 0 Å². The van der Waals surface area contributed by atoms with E-state index in [2.05, 4.69) is 10.5 Å². The van der Waals surface area contributed by atoms with Crippen LogP contribution in [0.15, 0.2) is 4.52 Å². The fourth-order valence-electron chi connectivity index (χ4n) is 1.52. The Bertz CT molecular complexity index is 425. The van der Waals surface area contributed by atoms with Crippen LogP contribution in [-0.2, 0) is 11.2 Å². The van der Waals surface area contributed by atoms with Crippen molar-refractivity contribution in [3.63, 3.8) is 0 Å². The van der Waals surface area contributed by atoms with E-state index in [0.717, 1.165) is 0 Å². The monoisotopic (exact) mass is 240 g/mol. The number of carboxylic acid groups (broad SMARTS) is 1. The highest BCUT2D eigenvalue weighted by Crippen LogP contribution is 2.14. The first-order valence-electron chi connectivity index (χ1n) is 5.50. The Morgan fingerprint density at radius 1 is 1.47 bits per heavy atom. The van der Waals surface area contributed by atoms with Crippen LogP contribution in [0.3, 0.4) is 0 Å². The molecule has 1 aromatic heterocycles. The molecule has 0 spiro atoms. The number of amides is 1. The van der Waals surface area contributed by atoms with Crippen LogP contribution in [0.5, 0.6) is 0 Å². The van der Waals surface area contributed by atoms with Gasteiger partial charge in [0.2, 0.25) is 0 Å². The van der Waals surface area contributed by atoms with Crippen molar-refractivity contribution in [3.8, 4) is 0 Å². The van der Waals surface area contributed by atoms with Gasteiger partial charge in [-0.3, -0.25) is 4.79 Å². The molecular weight excluding hydrogens is 224 g/mol. The minimum atomic E-state index is -1.05. The second kappa shape index (κ2) is 5.47. The second-order valence-electron chi connectivity index (χ2n) is 3.69. The Hall–Kier alpha value is -1.85. The van der Waals surface area contributed by atoms with Gasteiger partial charge in [0.1, 0.15) is 17.4 Å². The molecule has 1 atom stereocenters. The van der Waals surface area contributed by atoms with Crippen LogP contribution < -0.4 is 5.32 Å². The van der Waals surface area contributed by atoms with Crippen molar-refractivity contribution >= 4 is 11.9 Å².